The summed E-state index contributed by atoms with van der Waals surface area (Å²) in [6.07, 6.45) is 7.54. The van der Waals surface area contributed by atoms with Crippen molar-refractivity contribution < 1.29 is 5.11 Å². The first-order chi connectivity index (χ1) is 5.77. The Kier molecular flexibility index (Phi) is 1.75. The Morgan fingerprint density at radius 1 is 1.67 bits per heavy atom. The second-order valence-electron chi connectivity index (χ2n) is 3.00. The van der Waals surface area contributed by atoms with E-state index in [9.17, 15) is 5.11 Å². The molecule has 0 saturated carbocycles. The van der Waals surface area contributed by atoms with E-state index in [4.69, 9.17) is 0 Å². The lowest BCUT2D eigenvalue weighted by Crippen LogP contribution is -2.27. The molecule has 12 heavy (non-hydrogen) atoms. The van der Waals surface area contributed by atoms with Gasteiger partial charge in [0.15, 0.2) is 0 Å². The first kappa shape index (κ1) is 7.58. The van der Waals surface area contributed by atoms with Crippen LogP contribution in [0.15, 0.2) is 35.7 Å². The van der Waals surface area contributed by atoms with Crippen LogP contribution in [-0.2, 0) is 0 Å². The molecule has 1 unspecified atom stereocenters. The molecule has 0 aromatic carbocycles. The lowest BCUT2D eigenvalue weighted by molar-refractivity contribution is 0.233. The van der Waals surface area contributed by atoms with E-state index >= 15 is 0 Å². The van der Waals surface area contributed by atoms with Crippen molar-refractivity contribution in [3.63, 3.8) is 0 Å². The normalized spacial score (nSPS) is 23.3. The molecule has 3 heteroatoms. The van der Waals surface area contributed by atoms with Crippen molar-refractivity contribution in [1.29, 1.82) is 0 Å². The highest BCUT2D eigenvalue weighted by Gasteiger charge is 2.15. The smallest absolute Gasteiger partial charge is 0.0763 e. The van der Waals surface area contributed by atoms with E-state index in [1.807, 2.05) is 23.4 Å². The van der Waals surface area contributed by atoms with Gasteiger partial charge in [0, 0.05) is 12.7 Å². The van der Waals surface area contributed by atoms with Gasteiger partial charge in [0.2, 0.25) is 0 Å². The molecule has 0 aliphatic carbocycles. The largest absolute Gasteiger partial charge is 0.389 e. The van der Waals surface area contributed by atoms with Gasteiger partial charge in [-0.25, -0.2) is 5.43 Å². The second kappa shape index (κ2) is 2.77. The van der Waals surface area contributed by atoms with Crippen molar-refractivity contribution in [3.8, 4) is 0 Å². The molecule has 0 aromatic rings. The van der Waals surface area contributed by atoms with Crippen molar-refractivity contribution >= 4 is 0 Å². The Labute approximate surface area is 71.7 Å². The number of rotatable bonds is 1. The lowest BCUT2D eigenvalue weighted by Gasteiger charge is -2.21. The molecule has 0 radical (unpaired) electrons. The van der Waals surface area contributed by atoms with Gasteiger partial charge < -0.3 is 5.11 Å². The van der Waals surface area contributed by atoms with E-state index in [1.54, 1.807) is 6.92 Å². The van der Waals surface area contributed by atoms with Crippen LogP contribution in [0.2, 0.25) is 0 Å². The average Bonchev–Trinajstić information content (AvgIpc) is 2.49. The van der Waals surface area contributed by atoms with Crippen LogP contribution < -0.4 is 5.43 Å². The molecule has 2 rings (SSSR count). The molecule has 0 bridgehead atoms. The summed E-state index contributed by atoms with van der Waals surface area (Å²) in [5.41, 5.74) is 5.22. The first-order valence-corrected chi connectivity index (χ1v) is 4.08. The molecule has 2 N–H and O–H groups in total. The molecule has 2 aliphatic heterocycles. The van der Waals surface area contributed by atoms with Gasteiger partial charge in [-0.15, -0.1) is 0 Å². The van der Waals surface area contributed by atoms with Gasteiger partial charge in [0.1, 0.15) is 0 Å². The SMILES string of the molecule is CC(O)C1=CC2=CCNN2C=C1. The summed E-state index contributed by atoms with van der Waals surface area (Å²) in [4.78, 5) is 0. The fraction of sp³-hybridized carbons (Fsp3) is 0.333. The molecule has 0 amide bonds. The monoisotopic (exact) mass is 164 g/mol. The number of hydrazine groups is 1. The van der Waals surface area contributed by atoms with Crippen molar-refractivity contribution in [3.05, 3.63) is 35.7 Å². The number of nitrogens with zero attached hydrogens (tertiary/aromatic N) is 1. The Balaban J connectivity index is 2.25. The molecule has 2 heterocycles. The molecule has 64 valence electrons. The highest BCUT2D eigenvalue weighted by Crippen LogP contribution is 2.19. The molecule has 3 nitrogen and oxygen atoms in total. The number of aliphatic hydroxyl groups excluding tert-OH is 1. The fourth-order valence-electron chi connectivity index (χ4n) is 1.34. The molecule has 0 fully saturated rings. The minimum atomic E-state index is -0.384. The van der Waals surface area contributed by atoms with Gasteiger partial charge in [-0.2, -0.15) is 0 Å². The number of hydrogen-bond donors (Lipinski definition) is 2. The van der Waals surface area contributed by atoms with Gasteiger partial charge in [-0.1, -0.05) is 0 Å². The maximum atomic E-state index is 9.31. The van der Waals surface area contributed by atoms with E-state index in [1.165, 1.54) is 0 Å². The fourth-order valence-corrected chi connectivity index (χ4v) is 1.34. The van der Waals surface area contributed by atoms with E-state index in [-0.39, 0.29) is 6.10 Å². The molecule has 0 spiro atoms. The Hall–Kier alpha value is -1.06. The molecule has 1 atom stereocenters. The topological polar surface area (TPSA) is 35.5 Å². The predicted octanol–water partition coefficient (Wildman–Crippen LogP) is 0.525. The molecule has 2 aliphatic rings. The van der Waals surface area contributed by atoms with Gasteiger partial charge in [0.05, 0.1) is 11.8 Å². The van der Waals surface area contributed by atoms with Crippen LogP contribution in [0.25, 0.3) is 0 Å². The Morgan fingerprint density at radius 2 is 2.50 bits per heavy atom. The third kappa shape index (κ3) is 1.17. The van der Waals surface area contributed by atoms with E-state index in [0.717, 1.165) is 17.8 Å². The zero-order valence-electron chi connectivity index (χ0n) is 6.99. The maximum absolute atomic E-state index is 9.31. The summed E-state index contributed by atoms with van der Waals surface area (Å²) >= 11 is 0. The number of nitrogens with one attached hydrogen (secondary N) is 1. The van der Waals surface area contributed by atoms with Crippen molar-refractivity contribution in [2.75, 3.05) is 6.54 Å². The van der Waals surface area contributed by atoms with Crippen LogP contribution in [0.5, 0.6) is 0 Å². The second-order valence-corrected chi connectivity index (χ2v) is 3.00. The third-order valence-electron chi connectivity index (χ3n) is 2.06. The van der Waals surface area contributed by atoms with Crippen LogP contribution in [0.1, 0.15) is 6.92 Å². The van der Waals surface area contributed by atoms with Crippen LogP contribution in [0.4, 0.5) is 0 Å². The van der Waals surface area contributed by atoms with Crippen molar-refractivity contribution in [2.24, 2.45) is 0 Å². The standard InChI is InChI=1S/C9H12N2O/c1-7(12)8-3-5-11-9(6-8)2-4-10-11/h2-3,5-7,10,12H,4H2,1H3. The van der Waals surface area contributed by atoms with Gasteiger partial charge >= 0.3 is 0 Å². The lowest BCUT2D eigenvalue weighted by atomic mass is 10.1. The number of allylic oxidation sites excluding steroid dienone is 1. The van der Waals surface area contributed by atoms with E-state index < -0.39 is 0 Å². The minimum Gasteiger partial charge on any atom is -0.389 e. The van der Waals surface area contributed by atoms with Gasteiger partial charge in [0.25, 0.3) is 0 Å². The number of fused-ring (bicyclic) bond motifs is 1. The first-order valence-electron chi connectivity index (χ1n) is 4.08. The average molecular weight is 164 g/mol. The van der Waals surface area contributed by atoms with E-state index in [0.29, 0.717) is 0 Å². The quantitative estimate of drug-likeness (QED) is 0.593. The van der Waals surface area contributed by atoms with Gasteiger partial charge in [-0.05, 0) is 30.7 Å². The van der Waals surface area contributed by atoms with Crippen LogP contribution in [-0.4, -0.2) is 22.8 Å². The molecule has 0 saturated heterocycles. The van der Waals surface area contributed by atoms with Crippen LogP contribution in [0.3, 0.4) is 0 Å². The van der Waals surface area contributed by atoms with Crippen LogP contribution in [0, 0.1) is 0 Å². The molecule has 0 aromatic heterocycles. The number of aliphatic hydroxyl groups is 1. The number of hydrogen-bond acceptors (Lipinski definition) is 3. The highest BCUT2D eigenvalue weighted by molar-refractivity contribution is 5.38. The molecular formula is C9H12N2O. The highest BCUT2D eigenvalue weighted by atomic mass is 16.3. The zero-order chi connectivity index (χ0) is 8.55. The van der Waals surface area contributed by atoms with E-state index in [2.05, 4.69) is 11.5 Å². The van der Waals surface area contributed by atoms with Crippen LogP contribution >= 0.6 is 0 Å². The predicted molar refractivity (Wildman–Crippen MR) is 46.8 cm³/mol. The third-order valence-corrected chi connectivity index (χ3v) is 2.06. The summed E-state index contributed by atoms with van der Waals surface area (Å²) in [6.45, 7) is 2.64. The van der Waals surface area contributed by atoms with Gasteiger partial charge in [-0.3, -0.25) is 5.01 Å². The summed E-state index contributed by atoms with van der Waals surface area (Å²) in [5, 5.41) is 11.3. The minimum absolute atomic E-state index is 0.384. The zero-order valence-corrected chi connectivity index (χ0v) is 6.99. The Bertz CT molecular complexity index is 276. The van der Waals surface area contributed by atoms with Crippen molar-refractivity contribution in [1.82, 2.24) is 10.4 Å². The molecular weight excluding hydrogens is 152 g/mol. The summed E-state index contributed by atoms with van der Waals surface area (Å²) < 4.78 is 0. The summed E-state index contributed by atoms with van der Waals surface area (Å²) in [5.74, 6) is 0. The summed E-state index contributed by atoms with van der Waals surface area (Å²) in [6, 6.07) is 0. The summed E-state index contributed by atoms with van der Waals surface area (Å²) in [7, 11) is 0. The maximum Gasteiger partial charge on any atom is 0.0763 e. The van der Waals surface area contributed by atoms with Crippen molar-refractivity contribution in [2.45, 2.75) is 13.0 Å². The Morgan fingerprint density at radius 3 is 3.25 bits per heavy atom.